The lowest BCUT2D eigenvalue weighted by Gasteiger charge is -2.13. The fourth-order valence-corrected chi connectivity index (χ4v) is 4.30. The number of fused-ring (bicyclic) bond motifs is 1. The average molecular weight is 577 g/mol. The van der Waals surface area contributed by atoms with Crippen molar-refractivity contribution in [3.05, 3.63) is 71.7 Å². The van der Waals surface area contributed by atoms with Gasteiger partial charge in [0, 0.05) is 48.7 Å². The summed E-state index contributed by atoms with van der Waals surface area (Å²) in [6.45, 7) is 2.56. The van der Waals surface area contributed by atoms with Gasteiger partial charge < -0.3 is 26.4 Å². The second-order valence-electron chi connectivity index (χ2n) is 9.15. The molecule has 13 heteroatoms. The number of halogens is 2. The van der Waals surface area contributed by atoms with Crippen LogP contribution in [0.5, 0.6) is 5.75 Å². The van der Waals surface area contributed by atoms with Crippen molar-refractivity contribution < 1.29 is 23.1 Å². The van der Waals surface area contributed by atoms with E-state index < -0.39 is 18.2 Å². The Morgan fingerprint density at radius 3 is 2.69 bits per heavy atom. The molecule has 0 aliphatic heterocycles. The topological polar surface area (TPSA) is 159 Å². The number of anilines is 2. The number of imidazole rings is 1. The number of rotatable bonds is 13. The number of carbonyl (C=O) groups is 2. The number of benzene rings is 2. The fourth-order valence-electron chi connectivity index (χ4n) is 4.30. The molecule has 0 unspecified atom stereocenters. The molecule has 5 N–H and O–H groups in total. The molecular formula is C29H30F2N8O3. The first-order valence-corrected chi connectivity index (χ1v) is 13.3. The van der Waals surface area contributed by atoms with E-state index in [-0.39, 0.29) is 35.4 Å². The molecule has 218 valence electrons. The standard InChI is InChI=1S/C29H30F2N8O3/c1-2-18-16-19(5-6-20(18)29(41)36-12-11-34-24(40)4-3-9-32)38-27-28-37-17-22(39(28)14-13-35-27)21-7-8-23(42-15-10-33)26(31)25(21)30/h5-8,13-14,16-17H,2-4,9,11-12,15,32H2,1H3,(H,34,40)(H,35,38)(H,36,41). The van der Waals surface area contributed by atoms with E-state index in [1.54, 1.807) is 28.8 Å². The SMILES string of the molecule is CCc1cc(Nc2nccn3c(-c4ccc(OCC#N)c(F)c4F)cnc23)ccc1C(=O)NCCNC(=O)CCCN. The second-order valence-corrected chi connectivity index (χ2v) is 9.15. The number of carbonyl (C=O) groups excluding carboxylic acids is 2. The predicted octanol–water partition coefficient (Wildman–Crippen LogP) is 3.47. The van der Waals surface area contributed by atoms with Crippen LogP contribution in [-0.2, 0) is 11.2 Å². The van der Waals surface area contributed by atoms with E-state index in [9.17, 15) is 18.4 Å². The molecule has 0 radical (unpaired) electrons. The minimum Gasteiger partial charge on any atom is -0.476 e. The van der Waals surface area contributed by atoms with Crippen LogP contribution in [0.4, 0.5) is 20.3 Å². The molecule has 0 saturated heterocycles. The molecule has 0 saturated carbocycles. The van der Waals surface area contributed by atoms with Gasteiger partial charge in [0.1, 0.15) is 6.07 Å². The average Bonchev–Trinajstić information content (AvgIpc) is 3.43. The number of hydrogen-bond donors (Lipinski definition) is 4. The maximum absolute atomic E-state index is 14.9. The van der Waals surface area contributed by atoms with Crippen LogP contribution in [0.25, 0.3) is 16.9 Å². The van der Waals surface area contributed by atoms with E-state index in [1.165, 1.54) is 24.5 Å². The van der Waals surface area contributed by atoms with E-state index in [0.717, 1.165) is 5.56 Å². The first-order valence-electron chi connectivity index (χ1n) is 13.3. The van der Waals surface area contributed by atoms with Crippen molar-refractivity contribution in [2.24, 2.45) is 5.73 Å². The first kappa shape index (κ1) is 29.9. The largest absolute Gasteiger partial charge is 0.476 e. The molecule has 0 aliphatic carbocycles. The number of ether oxygens (including phenoxy) is 1. The van der Waals surface area contributed by atoms with Gasteiger partial charge in [-0.1, -0.05) is 6.92 Å². The van der Waals surface area contributed by atoms with Crippen LogP contribution in [0.15, 0.2) is 48.9 Å². The van der Waals surface area contributed by atoms with Gasteiger partial charge >= 0.3 is 0 Å². The Bertz CT molecular complexity index is 1630. The van der Waals surface area contributed by atoms with Gasteiger partial charge in [0.2, 0.25) is 11.7 Å². The van der Waals surface area contributed by atoms with E-state index >= 15 is 0 Å². The summed E-state index contributed by atoms with van der Waals surface area (Å²) in [7, 11) is 0. The lowest BCUT2D eigenvalue weighted by atomic mass is 10.0. The van der Waals surface area contributed by atoms with Crippen molar-refractivity contribution >= 4 is 29.0 Å². The van der Waals surface area contributed by atoms with Gasteiger partial charge in [-0.2, -0.15) is 9.65 Å². The Morgan fingerprint density at radius 2 is 1.93 bits per heavy atom. The number of aryl methyl sites for hydroxylation is 1. The molecule has 0 bridgehead atoms. The highest BCUT2D eigenvalue weighted by Gasteiger charge is 2.20. The van der Waals surface area contributed by atoms with Gasteiger partial charge in [0.25, 0.3) is 5.91 Å². The number of aromatic nitrogens is 3. The van der Waals surface area contributed by atoms with Crippen LogP contribution in [-0.4, -0.2) is 52.4 Å². The van der Waals surface area contributed by atoms with Crippen LogP contribution in [0.2, 0.25) is 0 Å². The Morgan fingerprint density at radius 1 is 1.12 bits per heavy atom. The van der Waals surface area contributed by atoms with Crippen LogP contribution in [0.3, 0.4) is 0 Å². The monoisotopic (exact) mass is 576 g/mol. The zero-order valence-corrected chi connectivity index (χ0v) is 22.9. The van der Waals surface area contributed by atoms with Crippen molar-refractivity contribution in [1.82, 2.24) is 25.0 Å². The molecule has 2 heterocycles. The van der Waals surface area contributed by atoms with Crippen molar-refractivity contribution in [1.29, 1.82) is 5.26 Å². The molecule has 0 aliphatic rings. The Balaban J connectivity index is 1.49. The molecule has 2 aromatic heterocycles. The van der Waals surface area contributed by atoms with Crippen LogP contribution in [0, 0.1) is 23.0 Å². The normalized spacial score (nSPS) is 10.7. The molecule has 2 aromatic carbocycles. The van der Waals surface area contributed by atoms with Crippen molar-refractivity contribution in [3.8, 4) is 23.1 Å². The molecule has 0 fully saturated rings. The summed E-state index contributed by atoms with van der Waals surface area (Å²) in [5.74, 6) is -2.69. The highest BCUT2D eigenvalue weighted by Crippen LogP contribution is 2.32. The smallest absolute Gasteiger partial charge is 0.251 e. The Labute approximate surface area is 240 Å². The fraction of sp³-hybridized carbons (Fsp3) is 0.276. The highest BCUT2D eigenvalue weighted by molar-refractivity contribution is 5.96. The van der Waals surface area contributed by atoms with E-state index in [4.69, 9.17) is 15.7 Å². The molecule has 42 heavy (non-hydrogen) atoms. The molecule has 4 aromatic rings. The molecule has 2 amide bonds. The van der Waals surface area contributed by atoms with Gasteiger partial charge in [-0.25, -0.2) is 14.4 Å². The zero-order chi connectivity index (χ0) is 30.1. The Kier molecular flexibility index (Phi) is 9.96. The summed E-state index contributed by atoms with van der Waals surface area (Å²) >= 11 is 0. The quantitative estimate of drug-likeness (QED) is 0.176. The third kappa shape index (κ3) is 6.79. The van der Waals surface area contributed by atoms with Crippen molar-refractivity contribution in [2.45, 2.75) is 26.2 Å². The molecule has 4 rings (SSSR count). The number of amides is 2. The molecule has 0 atom stereocenters. The van der Waals surface area contributed by atoms with Crippen molar-refractivity contribution in [2.75, 3.05) is 31.6 Å². The van der Waals surface area contributed by atoms with Gasteiger partial charge in [0.05, 0.1) is 11.9 Å². The third-order valence-corrected chi connectivity index (χ3v) is 6.38. The number of nitriles is 1. The van der Waals surface area contributed by atoms with Crippen LogP contribution < -0.4 is 26.4 Å². The summed E-state index contributed by atoms with van der Waals surface area (Å²) in [4.78, 5) is 33.2. The Hall–Kier alpha value is -5.09. The van der Waals surface area contributed by atoms with Gasteiger partial charge in [-0.05, 0) is 55.3 Å². The summed E-state index contributed by atoms with van der Waals surface area (Å²) in [5.41, 5.74) is 7.96. The van der Waals surface area contributed by atoms with Crippen LogP contribution >= 0.6 is 0 Å². The number of nitrogens with two attached hydrogens (primary N) is 1. The van der Waals surface area contributed by atoms with E-state index in [0.29, 0.717) is 55.1 Å². The summed E-state index contributed by atoms with van der Waals surface area (Å²) in [6.07, 6.45) is 6.02. The number of nitrogens with zero attached hydrogens (tertiary/aromatic N) is 4. The first-order chi connectivity index (χ1) is 20.4. The predicted molar refractivity (Wildman–Crippen MR) is 152 cm³/mol. The van der Waals surface area contributed by atoms with Crippen molar-refractivity contribution in [3.63, 3.8) is 0 Å². The summed E-state index contributed by atoms with van der Waals surface area (Å²) in [5, 5.41) is 17.4. The lowest BCUT2D eigenvalue weighted by molar-refractivity contribution is -0.121. The molecule has 0 spiro atoms. The minimum absolute atomic E-state index is 0.0415. The summed E-state index contributed by atoms with van der Waals surface area (Å²) < 4.78 is 36.0. The number of nitrogens with one attached hydrogen (secondary N) is 3. The maximum atomic E-state index is 14.9. The number of hydrogen-bond acceptors (Lipinski definition) is 8. The third-order valence-electron chi connectivity index (χ3n) is 6.38. The second kappa shape index (κ2) is 14.0. The van der Waals surface area contributed by atoms with E-state index in [1.807, 2.05) is 13.0 Å². The van der Waals surface area contributed by atoms with Gasteiger partial charge in [-0.15, -0.1) is 0 Å². The van der Waals surface area contributed by atoms with E-state index in [2.05, 4.69) is 25.9 Å². The molecule has 11 nitrogen and oxygen atoms in total. The molecular weight excluding hydrogens is 546 g/mol. The van der Waals surface area contributed by atoms with Gasteiger partial charge in [-0.3, -0.25) is 14.0 Å². The maximum Gasteiger partial charge on any atom is 0.251 e. The lowest BCUT2D eigenvalue weighted by Crippen LogP contribution is -2.35. The van der Waals surface area contributed by atoms with Crippen LogP contribution in [0.1, 0.15) is 35.7 Å². The van der Waals surface area contributed by atoms with Gasteiger partial charge in [0.15, 0.2) is 29.6 Å². The zero-order valence-electron chi connectivity index (χ0n) is 22.9. The summed E-state index contributed by atoms with van der Waals surface area (Å²) in [6, 6.07) is 9.58. The highest BCUT2D eigenvalue weighted by atomic mass is 19.2. The minimum atomic E-state index is -1.20.